The van der Waals surface area contributed by atoms with Crippen LogP contribution in [-0.2, 0) is 22.6 Å². The van der Waals surface area contributed by atoms with Gasteiger partial charge in [0.1, 0.15) is 6.04 Å². The third-order valence-corrected chi connectivity index (χ3v) is 5.10. The SMILES string of the molecule is CCCNC(=O)C(C)N(Cc1cccc(C)c1)C(=O)Cc1ccc(Cl)cc1Cl. The molecule has 150 valence electrons. The molecule has 2 amide bonds. The lowest BCUT2D eigenvalue weighted by atomic mass is 10.1. The zero-order valence-corrected chi connectivity index (χ0v) is 18.0. The molecular formula is C22H26Cl2N2O2. The third-order valence-electron chi connectivity index (χ3n) is 4.51. The number of amides is 2. The highest BCUT2D eigenvalue weighted by Crippen LogP contribution is 2.22. The second-order valence-electron chi connectivity index (χ2n) is 6.89. The van der Waals surface area contributed by atoms with Crippen LogP contribution < -0.4 is 5.32 Å². The molecule has 28 heavy (non-hydrogen) atoms. The van der Waals surface area contributed by atoms with Gasteiger partial charge >= 0.3 is 0 Å². The maximum absolute atomic E-state index is 13.1. The highest BCUT2D eigenvalue weighted by Gasteiger charge is 2.26. The molecule has 6 heteroatoms. The number of nitrogens with zero attached hydrogens (tertiary/aromatic N) is 1. The van der Waals surface area contributed by atoms with Crippen molar-refractivity contribution in [3.63, 3.8) is 0 Å². The van der Waals surface area contributed by atoms with Crippen molar-refractivity contribution in [2.75, 3.05) is 6.54 Å². The summed E-state index contributed by atoms with van der Waals surface area (Å²) in [6.07, 6.45) is 0.942. The Hall–Kier alpha value is -2.04. The van der Waals surface area contributed by atoms with Gasteiger partial charge in [0.05, 0.1) is 6.42 Å². The van der Waals surface area contributed by atoms with Crippen LogP contribution in [0.4, 0.5) is 0 Å². The smallest absolute Gasteiger partial charge is 0.242 e. The first kappa shape index (κ1) is 22.3. The molecule has 1 N–H and O–H groups in total. The van der Waals surface area contributed by atoms with E-state index in [0.717, 1.165) is 17.5 Å². The molecule has 4 nitrogen and oxygen atoms in total. The van der Waals surface area contributed by atoms with Crippen LogP contribution in [0.5, 0.6) is 0 Å². The summed E-state index contributed by atoms with van der Waals surface area (Å²) in [4.78, 5) is 27.2. The fourth-order valence-electron chi connectivity index (χ4n) is 2.92. The number of hydrogen-bond donors (Lipinski definition) is 1. The predicted molar refractivity (Wildman–Crippen MR) is 115 cm³/mol. The van der Waals surface area contributed by atoms with Crippen molar-refractivity contribution in [2.45, 2.75) is 46.2 Å². The normalized spacial score (nSPS) is 11.8. The molecule has 2 rings (SSSR count). The molecule has 1 atom stereocenters. The third kappa shape index (κ3) is 6.25. The van der Waals surface area contributed by atoms with Gasteiger partial charge in [0, 0.05) is 23.1 Å². The van der Waals surface area contributed by atoms with E-state index >= 15 is 0 Å². The van der Waals surface area contributed by atoms with E-state index in [0.29, 0.717) is 28.7 Å². The molecule has 0 aliphatic carbocycles. The molecule has 0 saturated heterocycles. The van der Waals surface area contributed by atoms with Gasteiger partial charge in [-0.2, -0.15) is 0 Å². The lowest BCUT2D eigenvalue weighted by Crippen LogP contribution is -2.48. The Labute approximate surface area is 176 Å². The average Bonchev–Trinajstić information content (AvgIpc) is 2.65. The maximum atomic E-state index is 13.1. The van der Waals surface area contributed by atoms with Crippen LogP contribution >= 0.6 is 23.2 Å². The molecule has 0 bridgehead atoms. The van der Waals surface area contributed by atoms with Crippen molar-refractivity contribution in [3.8, 4) is 0 Å². The van der Waals surface area contributed by atoms with Crippen molar-refractivity contribution in [1.29, 1.82) is 0 Å². The van der Waals surface area contributed by atoms with E-state index in [9.17, 15) is 9.59 Å². The van der Waals surface area contributed by atoms with E-state index in [1.165, 1.54) is 0 Å². The highest BCUT2D eigenvalue weighted by molar-refractivity contribution is 6.35. The second kappa shape index (κ2) is 10.5. The number of benzene rings is 2. The van der Waals surface area contributed by atoms with Gasteiger partial charge in [-0.15, -0.1) is 0 Å². The topological polar surface area (TPSA) is 49.4 Å². The molecule has 0 saturated carbocycles. The molecular weight excluding hydrogens is 395 g/mol. The first-order valence-corrected chi connectivity index (χ1v) is 10.1. The molecule has 0 radical (unpaired) electrons. The first-order chi connectivity index (χ1) is 13.3. The van der Waals surface area contributed by atoms with Gasteiger partial charge in [0.2, 0.25) is 11.8 Å². The first-order valence-electron chi connectivity index (χ1n) is 9.38. The van der Waals surface area contributed by atoms with E-state index in [1.807, 2.05) is 38.1 Å². The molecule has 2 aromatic carbocycles. The quantitative estimate of drug-likeness (QED) is 0.667. The summed E-state index contributed by atoms with van der Waals surface area (Å²) in [5.74, 6) is -0.324. The lowest BCUT2D eigenvalue weighted by Gasteiger charge is -2.29. The number of carbonyl (C=O) groups is 2. The van der Waals surface area contributed by atoms with E-state index < -0.39 is 6.04 Å². The summed E-state index contributed by atoms with van der Waals surface area (Å²) < 4.78 is 0. The molecule has 0 spiro atoms. The second-order valence-corrected chi connectivity index (χ2v) is 7.73. The molecule has 0 heterocycles. The van der Waals surface area contributed by atoms with Gasteiger partial charge in [0.25, 0.3) is 0 Å². The number of hydrogen-bond acceptors (Lipinski definition) is 2. The van der Waals surface area contributed by atoms with E-state index in [2.05, 4.69) is 5.32 Å². The van der Waals surface area contributed by atoms with Gasteiger partial charge in [-0.25, -0.2) is 0 Å². The Morgan fingerprint density at radius 3 is 2.54 bits per heavy atom. The lowest BCUT2D eigenvalue weighted by molar-refractivity contribution is -0.140. The minimum Gasteiger partial charge on any atom is -0.354 e. The summed E-state index contributed by atoms with van der Waals surface area (Å²) >= 11 is 12.2. The number of rotatable bonds is 8. The summed E-state index contributed by atoms with van der Waals surface area (Å²) in [5.41, 5.74) is 2.77. The molecule has 0 fully saturated rings. The zero-order chi connectivity index (χ0) is 20.7. The van der Waals surface area contributed by atoms with Gasteiger partial charge in [-0.1, -0.05) is 66.0 Å². The Morgan fingerprint density at radius 2 is 1.89 bits per heavy atom. The fourth-order valence-corrected chi connectivity index (χ4v) is 3.39. The summed E-state index contributed by atoms with van der Waals surface area (Å²) in [6.45, 7) is 6.68. The van der Waals surface area contributed by atoms with Crippen molar-refractivity contribution < 1.29 is 9.59 Å². The highest BCUT2D eigenvalue weighted by atomic mass is 35.5. The molecule has 2 aromatic rings. The summed E-state index contributed by atoms with van der Waals surface area (Å²) in [7, 11) is 0. The Kier molecular flexibility index (Phi) is 8.34. The van der Waals surface area contributed by atoms with Crippen LogP contribution in [0.25, 0.3) is 0 Å². The number of carbonyl (C=O) groups excluding carboxylic acids is 2. The molecule has 0 aliphatic rings. The standard InChI is InChI=1S/C22H26Cl2N2O2/c1-4-10-25-22(28)16(3)26(14-17-7-5-6-15(2)11-17)21(27)12-18-8-9-19(23)13-20(18)24/h5-9,11,13,16H,4,10,12,14H2,1-3H3,(H,25,28). The van der Waals surface area contributed by atoms with E-state index in [1.54, 1.807) is 30.0 Å². The van der Waals surface area contributed by atoms with Crippen molar-refractivity contribution in [3.05, 3.63) is 69.2 Å². The van der Waals surface area contributed by atoms with Gasteiger partial charge in [0.15, 0.2) is 0 Å². The minimum atomic E-state index is -0.592. The molecule has 0 aromatic heterocycles. The van der Waals surface area contributed by atoms with Crippen molar-refractivity contribution >= 4 is 35.0 Å². The minimum absolute atomic E-state index is 0.104. The van der Waals surface area contributed by atoms with Gasteiger partial charge in [-0.05, 0) is 43.5 Å². The van der Waals surface area contributed by atoms with Crippen molar-refractivity contribution in [1.82, 2.24) is 10.2 Å². The van der Waals surface area contributed by atoms with E-state index in [4.69, 9.17) is 23.2 Å². The Morgan fingerprint density at radius 1 is 1.14 bits per heavy atom. The zero-order valence-electron chi connectivity index (χ0n) is 16.5. The number of halogens is 2. The van der Waals surface area contributed by atoms with Gasteiger partial charge in [-0.3, -0.25) is 9.59 Å². The number of nitrogens with one attached hydrogen (secondary N) is 1. The Balaban J connectivity index is 2.25. The van der Waals surface area contributed by atoms with E-state index in [-0.39, 0.29) is 18.2 Å². The van der Waals surface area contributed by atoms with Crippen LogP contribution in [0.15, 0.2) is 42.5 Å². The molecule has 1 unspecified atom stereocenters. The largest absolute Gasteiger partial charge is 0.354 e. The summed E-state index contributed by atoms with van der Waals surface area (Å²) in [6, 6.07) is 12.4. The van der Waals surface area contributed by atoms with Gasteiger partial charge < -0.3 is 10.2 Å². The van der Waals surface area contributed by atoms with Crippen LogP contribution in [-0.4, -0.2) is 29.3 Å². The monoisotopic (exact) mass is 420 g/mol. The number of aryl methyl sites for hydroxylation is 1. The fraction of sp³-hybridized carbons (Fsp3) is 0.364. The van der Waals surface area contributed by atoms with Crippen LogP contribution in [0, 0.1) is 6.92 Å². The maximum Gasteiger partial charge on any atom is 0.242 e. The predicted octanol–water partition coefficient (Wildman–Crippen LogP) is 4.79. The molecule has 0 aliphatic heterocycles. The van der Waals surface area contributed by atoms with Crippen LogP contribution in [0.3, 0.4) is 0 Å². The summed E-state index contributed by atoms with van der Waals surface area (Å²) in [5, 5.41) is 3.83. The average molecular weight is 421 g/mol. The Bertz CT molecular complexity index is 839. The van der Waals surface area contributed by atoms with Crippen LogP contribution in [0.2, 0.25) is 10.0 Å². The van der Waals surface area contributed by atoms with Crippen molar-refractivity contribution in [2.24, 2.45) is 0 Å². The van der Waals surface area contributed by atoms with Crippen LogP contribution in [0.1, 0.15) is 37.0 Å².